The van der Waals surface area contributed by atoms with Gasteiger partial charge in [0.15, 0.2) is 11.5 Å². The maximum atomic E-state index is 12.3. The second-order valence-electron chi connectivity index (χ2n) is 4.95. The molecule has 0 amide bonds. The molecule has 16 heavy (non-hydrogen) atoms. The van der Waals surface area contributed by atoms with Crippen LogP contribution in [0.15, 0.2) is 24.0 Å². The Morgan fingerprint density at radius 1 is 1.12 bits per heavy atom. The van der Waals surface area contributed by atoms with Crippen LogP contribution in [0.25, 0.3) is 0 Å². The second-order valence-corrected chi connectivity index (χ2v) is 4.95. The number of methoxy groups -OCH3 is 1. The molecule has 3 nitrogen and oxygen atoms in total. The van der Waals surface area contributed by atoms with Crippen molar-refractivity contribution < 1.29 is 14.3 Å². The zero-order valence-electron chi connectivity index (χ0n) is 9.87. The van der Waals surface area contributed by atoms with Gasteiger partial charge in [0.25, 0.3) is 0 Å². The third-order valence-electron chi connectivity index (χ3n) is 4.19. The highest BCUT2D eigenvalue weighted by Crippen LogP contribution is 2.52. The molecule has 2 unspecified atom stereocenters. The molecule has 0 saturated carbocycles. The van der Waals surface area contributed by atoms with Gasteiger partial charge in [-0.15, -0.1) is 0 Å². The second kappa shape index (κ2) is 3.30. The van der Waals surface area contributed by atoms with Crippen molar-refractivity contribution in [2.45, 2.75) is 26.7 Å². The van der Waals surface area contributed by atoms with Gasteiger partial charge in [0.2, 0.25) is 5.78 Å². The molecule has 0 aliphatic heterocycles. The van der Waals surface area contributed by atoms with E-state index >= 15 is 0 Å². The van der Waals surface area contributed by atoms with Gasteiger partial charge in [-0.3, -0.25) is 9.59 Å². The first-order chi connectivity index (χ1) is 7.45. The Kier molecular flexibility index (Phi) is 2.30. The van der Waals surface area contributed by atoms with Crippen LogP contribution in [-0.2, 0) is 14.3 Å². The standard InChI is InChI=1S/C13H16O3/c1-12-6-4-5-7-13(12,2)11(15)9(16-3)8-10(12)14/h4-5,8H,6-7H2,1-3H3. The largest absolute Gasteiger partial charge is 0.493 e. The molecular formula is C13H16O3. The van der Waals surface area contributed by atoms with E-state index in [2.05, 4.69) is 0 Å². The Balaban J connectivity index is 2.58. The monoisotopic (exact) mass is 220 g/mol. The fraction of sp³-hybridized carbons (Fsp3) is 0.538. The van der Waals surface area contributed by atoms with Gasteiger partial charge in [-0.25, -0.2) is 0 Å². The number of allylic oxidation sites excluding steroid dienone is 4. The molecule has 2 atom stereocenters. The Morgan fingerprint density at radius 3 is 2.25 bits per heavy atom. The lowest BCUT2D eigenvalue weighted by Crippen LogP contribution is -2.52. The molecule has 0 radical (unpaired) electrons. The lowest BCUT2D eigenvalue weighted by Gasteiger charge is -2.47. The van der Waals surface area contributed by atoms with Crippen LogP contribution in [0, 0.1) is 10.8 Å². The van der Waals surface area contributed by atoms with Crippen molar-refractivity contribution in [3.05, 3.63) is 24.0 Å². The van der Waals surface area contributed by atoms with E-state index in [4.69, 9.17) is 4.74 Å². The van der Waals surface area contributed by atoms with Crippen molar-refractivity contribution in [2.75, 3.05) is 7.11 Å². The van der Waals surface area contributed by atoms with Crippen molar-refractivity contribution in [1.29, 1.82) is 0 Å². The van der Waals surface area contributed by atoms with E-state index in [0.29, 0.717) is 12.8 Å². The number of ether oxygens (including phenoxy) is 1. The van der Waals surface area contributed by atoms with Crippen molar-refractivity contribution >= 4 is 11.6 Å². The molecule has 2 aliphatic rings. The lowest BCUT2D eigenvalue weighted by molar-refractivity contribution is -0.147. The zero-order chi connectivity index (χ0) is 12.0. The fourth-order valence-corrected chi connectivity index (χ4v) is 2.57. The van der Waals surface area contributed by atoms with Gasteiger partial charge >= 0.3 is 0 Å². The average Bonchev–Trinajstić information content (AvgIpc) is 2.27. The summed E-state index contributed by atoms with van der Waals surface area (Å²) in [5, 5.41) is 0. The molecular weight excluding hydrogens is 204 g/mol. The van der Waals surface area contributed by atoms with Gasteiger partial charge in [-0.05, 0) is 12.8 Å². The average molecular weight is 220 g/mol. The summed E-state index contributed by atoms with van der Waals surface area (Å²) in [5.41, 5.74) is -1.26. The minimum Gasteiger partial charge on any atom is -0.493 e. The molecule has 0 aromatic rings. The lowest BCUT2D eigenvalue weighted by atomic mass is 9.53. The fourth-order valence-electron chi connectivity index (χ4n) is 2.57. The van der Waals surface area contributed by atoms with Crippen LogP contribution in [0.2, 0.25) is 0 Å². The van der Waals surface area contributed by atoms with Gasteiger partial charge in [-0.1, -0.05) is 26.0 Å². The summed E-state index contributed by atoms with van der Waals surface area (Å²) >= 11 is 0. The Labute approximate surface area is 95.2 Å². The first-order valence-corrected chi connectivity index (χ1v) is 5.45. The molecule has 0 spiro atoms. The van der Waals surface area contributed by atoms with Crippen molar-refractivity contribution in [2.24, 2.45) is 10.8 Å². The van der Waals surface area contributed by atoms with E-state index < -0.39 is 10.8 Å². The topological polar surface area (TPSA) is 43.4 Å². The summed E-state index contributed by atoms with van der Waals surface area (Å²) in [7, 11) is 1.43. The summed E-state index contributed by atoms with van der Waals surface area (Å²) in [5.74, 6) is 0.137. The molecule has 0 bridgehead atoms. The molecule has 0 saturated heterocycles. The molecule has 3 heteroatoms. The summed E-state index contributed by atoms with van der Waals surface area (Å²) < 4.78 is 5.00. The number of Topliss-reactive ketones (excluding diaryl/α,β-unsaturated/α-hetero) is 1. The normalized spacial score (nSPS) is 38.1. The molecule has 2 rings (SSSR count). The number of carbonyl (C=O) groups excluding carboxylic acids is 2. The van der Waals surface area contributed by atoms with Crippen LogP contribution in [0.3, 0.4) is 0 Å². The maximum absolute atomic E-state index is 12.3. The molecule has 0 aromatic heterocycles. The van der Waals surface area contributed by atoms with Gasteiger partial charge in [0.05, 0.1) is 12.5 Å². The van der Waals surface area contributed by atoms with Crippen molar-refractivity contribution in [3.8, 4) is 0 Å². The molecule has 0 N–H and O–H groups in total. The van der Waals surface area contributed by atoms with Crippen LogP contribution in [0.4, 0.5) is 0 Å². The smallest absolute Gasteiger partial charge is 0.204 e. The van der Waals surface area contributed by atoms with Gasteiger partial charge in [0, 0.05) is 11.5 Å². The third kappa shape index (κ3) is 1.14. The highest BCUT2D eigenvalue weighted by Gasteiger charge is 2.57. The summed E-state index contributed by atoms with van der Waals surface area (Å²) in [6.45, 7) is 3.74. The van der Waals surface area contributed by atoms with Crippen LogP contribution >= 0.6 is 0 Å². The first-order valence-electron chi connectivity index (χ1n) is 5.45. The number of rotatable bonds is 1. The molecule has 0 heterocycles. The van der Waals surface area contributed by atoms with E-state index in [1.54, 1.807) is 0 Å². The van der Waals surface area contributed by atoms with E-state index in [1.807, 2.05) is 26.0 Å². The quantitative estimate of drug-likeness (QED) is 0.635. The number of fused-ring (bicyclic) bond motifs is 1. The van der Waals surface area contributed by atoms with E-state index in [9.17, 15) is 9.59 Å². The molecule has 0 fully saturated rings. The summed E-state index contributed by atoms with van der Waals surface area (Å²) in [6, 6.07) is 0. The van der Waals surface area contributed by atoms with E-state index in [1.165, 1.54) is 13.2 Å². The maximum Gasteiger partial charge on any atom is 0.204 e. The number of hydrogen-bond acceptors (Lipinski definition) is 3. The SMILES string of the molecule is COC1=CC(=O)C2(C)CC=CCC2(C)C1=O. The number of ketones is 2. The van der Waals surface area contributed by atoms with Gasteiger partial charge in [0.1, 0.15) is 0 Å². The van der Waals surface area contributed by atoms with Crippen LogP contribution in [-0.4, -0.2) is 18.7 Å². The van der Waals surface area contributed by atoms with Gasteiger partial charge < -0.3 is 4.74 Å². The van der Waals surface area contributed by atoms with Crippen molar-refractivity contribution in [1.82, 2.24) is 0 Å². The van der Waals surface area contributed by atoms with Crippen LogP contribution in [0.5, 0.6) is 0 Å². The minimum absolute atomic E-state index is 0.00389. The molecule has 2 aliphatic carbocycles. The summed E-state index contributed by atoms with van der Waals surface area (Å²) in [6.07, 6.45) is 6.55. The number of hydrogen-bond donors (Lipinski definition) is 0. The Hall–Kier alpha value is -1.38. The third-order valence-corrected chi connectivity index (χ3v) is 4.19. The van der Waals surface area contributed by atoms with Gasteiger partial charge in [-0.2, -0.15) is 0 Å². The van der Waals surface area contributed by atoms with E-state index in [0.717, 1.165) is 0 Å². The van der Waals surface area contributed by atoms with E-state index in [-0.39, 0.29) is 17.3 Å². The van der Waals surface area contributed by atoms with Crippen molar-refractivity contribution in [3.63, 3.8) is 0 Å². The predicted molar refractivity (Wildman–Crippen MR) is 59.7 cm³/mol. The summed E-state index contributed by atoms with van der Waals surface area (Å²) in [4.78, 5) is 24.4. The number of carbonyl (C=O) groups is 2. The van der Waals surface area contributed by atoms with Crippen LogP contribution in [0.1, 0.15) is 26.7 Å². The minimum atomic E-state index is -0.654. The Morgan fingerprint density at radius 2 is 1.69 bits per heavy atom. The first kappa shape index (κ1) is 11.1. The molecule has 0 aromatic carbocycles. The predicted octanol–water partition coefficient (Wildman–Crippen LogP) is 2.03. The highest BCUT2D eigenvalue weighted by atomic mass is 16.5. The molecule has 86 valence electrons. The Bertz CT molecular complexity index is 419. The highest BCUT2D eigenvalue weighted by molar-refractivity contribution is 6.13. The van der Waals surface area contributed by atoms with Crippen LogP contribution < -0.4 is 0 Å². The zero-order valence-corrected chi connectivity index (χ0v) is 9.87.